The van der Waals surface area contributed by atoms with Crippen molar-refractivity contribution in [1.29, 1.82) is 0 Å². The number of ether oxygens (including phenoxy) is 1. The molecule has 0 bridgehead atoms. The SMILES string of the molecule is CNC(=O)COc1cc2cc(Nc3nc(N4CCC(CNc5ccc6c(c5)n(C)c(=O)n6C5CCC(=O)NC5=O)CC4)ncc3Cl)ccc2n(C)c1=O. The van der Waals surface area contributed by atoms with Crippen LogP contribution >= 0.6 is 11.6 Å². The molecule has 1 atom stereocenters. The summed E-state index contributed by atoms with van der Waals surface area (Å²) in [7, 11) is 4.83. The first kappa shape index (κ1) is 35.5. The van der Waals surface area contributed by atoms with E-state index in [2.05, 4.69) is 31.2 Å². The lowest BCUT2D eigenvalue weighted by Crippen LogP contribution is -2.44. The third-order valence-corrected chi connectivity index (χ3v) is 10.2. The normalized spacial score (nSPS) is 16.5. The lowest BCUT2D eigenvalue weighted by Gasteiger charge is -2.32. The van der Waals surface area contributed by atoms with Crippen LogP contribution in [0.3, 0.4) is 0 Å². The molecule has 3 aromatic heterocycles. The molecule has 1 unspecified atom stereocenters. The van der Waals surface area contributed by atoms with Gasteiger partial charge in [0.1, 0.15) is 11.1 Å². The summed E-state index contributed by atoms with van der Waals surface area (Å²) in [4.78, 5) is 73.1. The van der Waals surface area contributed by atoms with Gasteiger partial charge in [-0.3, -0.25) is 33.6 Å². The molecular formula is C36H39ClN10O6. The standard InChI is InChI=1S/C36H39ClN10O6/c1-38-31(49)19-53-29-15-21-14-23(5-6-25(21)44(2)34(29)51)41-32-24(37)18-40-35(43-32)46-12-10-20(11-13-46)17-39-22-4-7-26-28(16-22)45(3)36(52)47(26)27-8-9-30(48)42-33(27)50/h4-7,14-16,18,20,27,39H,8-13,17,19H2,1-3H3,(H,38,49)(H,40,41,43)(H,42,48,50). The van der Waals surface area contributed by atoms with Gasteiger partial charge in [0.05, 0.1) is 22.7 Å². The number of benzene rings is 2. The fourth-order valence-electron chi connectivity index (χ4n) is 6.89. The minimum Gasteiger partial charge on any atom is -0.478 e. The number of fused-ring (bicyclic) bond motifs is 2. The first-order chi connectivity index (χ1) is 25.5. The number of carbonyl (C=O) groups excluding carboxylic acids is 3. The Balaban J connectivity index is 0.985. The topological polar surface area (TPSA) is 187 Å². The van der Waals surface area contributed by atoms with Gasteiger partial charge in [-0.25, -0.2) is 9.78 Å². The van der Waals surface area contributed by atoms with Crippen LogP contribution in [0.15, 0.2) is 58.3 Å². The molecule has 2 aliphatic heterocycles. The quantitative estimate of drug-likeness (QED) is 0.154. The third kappa shape index (κ3) is 7.13. The van der Waals surface area contributed by atoms with Gasteiger partial charge in [0.25, 0.3) is 11.5 Å². The molecule has 4 N–H and O–H groups in total. The number of aryl methyl sites for hydroxylation is 2. The molecule has 53 heavy (non-hydrogen) atoms. The number of anilines is 4. The zero-order chi connectivity index (χ0) is 37.4. The molecule has 0 spiro atoms. The number of rotatable bonds is 10. The number of nitrogens with one attached hydrogen (secondary N) is 4. The van der Waals surface area contributed by atoms with Crippen molar-refractivity contribution >= 4 is 74.4 Å². The first-order valence-electron chi connectivity index (χ1n) is 17.3. The van der Waals surface area contributed by atoms with Crippen LogP contribution in [0.5, 0.6) is 5.75 Å². The van der Waals surface area contributed by atoms with Gasteiger partial charge in [0, 0.05) is 64.0 Å². The smallest absolute Gasteiger partial charge is 0.329 e. The van der Waals surface area contributed by atoms with Gasteiger partial charge >= 0.3 is 5.69 Å². The number of aromatic nitrogens is 5. The number of pyridine rings is 1. The Bertz CT molecular complexity index is 2380. The molecule has 2 aromatic carbocycles. The molecule has 2 aliphatic rings. The Labute approximate surface area is 308 Å². The fourth-order valence-corrected chi connectivity index (χ4v) is 7.03. The van der Waals surface area contributed by atoms with Crippen LogP contribution < -0.4 is 42.2 Å². The van der Waals surface area contributed by atoms with Gasteiger partial charge < -0.3 is 30.2 Å². The summed E-state index contributed by atoms with van der Waals surface area (Å²) in [5.41, 5.74) is 2.95. The molecule has 5 aromatic rings. The molecule has 0 radical (unpaired) electrons. The van der Waals surface area contributed by atoms with Crippen LogP contribution in [-0.4, -0.2) is 74.7 Å². The molecule has 17 heteroatoms. The third-order valence-electron chi connectivity index (χ3n) is 9.93. The fraction of sp³-hybridized carbons (Fsp3) is 0.361. The van der Waals surface area contributed by atoms with Crippen molar-refractivity contribution < 1.29 is 19.1 Å². The summed E-state index contributed by atoms with van der Waals surface area (Å²) in [5, 5.41) is 12.7. The van der Waals surface area contributed by atoms with E-state index in [9.17, 15) is 24.0 Å². The van der Waals surface area contributed by atoms with Crippen molar-refractivity contribution in [3.63, 3.8) is 0 Å². The number of hydrogen-bond donors (Lipinski definition) is 4. The highest BCUT2D eigenvalue weighted by molar-refractivity contribution is 6.33. The lowest BCUT2D eigenvalue weighted by molar-refractivity contribution is -0.135. The van der Waals surface area contributed by atoms with Crippen LogP contribution in [0.25, 0.3) is 21.9 Å². The first-order valence-corrected chi connectivity index (χ1v) is 17.7. The zero-order valence-electron chi connectivity index (χ0n) is 29.4. The van der Waals surface area contributed by atoms with Gasteiger partial charge in [-0.2, -0.15) is 4.98 Å². The summed E-state index contributed by atoms with van der Waals surface area (Å²) in [5.74, 6) is 0.335. The van der Waals surface area contributed by atoms with Crippen LogP contribution in [0.2, 0.25) is 5.02 Å². The summed E-state index contributed by atoms with van der Waals surface area (Å²) >= 11 is 6.52. The number of nitrogens with zero attached hydrogens (tertiary/aromatic N) is 6. The van der Waals surface area contributed by atoms with E-state index in [1.165, 1.54) is 20.7 Å². The van der Waals surface area contributed by atoms with Crippen molar-refractivity contribution in [2.75, 3.05) is 48.8 Å². The molecule has 2 fully saturated rings. The highest BCUT2D eigenvalue weighted by atomic mass is 35.5. The minimum absolute atomic E-state index is 0.0662. The number of piperidine rings is 2. The molecule has 276 valence electrons. The average Bonchev–Trinajstić information content (AvgIpc) is 3.40. The van der Waals surface area contributed by atoms with Gasteiger partial charge in [0.15, 0.2) is 18.2 Å². The maximum Gasteiger partial charge on any atom is 0.329 e. The number of hydrogen-bond acceptors (Lipinski definition) is 11. The van der Waals surface area contributed by atoms with Crippen molar-refractivity contribution in [1.82, 2.24) is 34.3 Å². The second kappa shape index (κ2) is 14.6. The van der Waals surface area contributed by atoms with Gasteiger partial charge in [-0.1, -0.05) is 11.6 Å². The van der Waals surface area contributed by atoms with Crippen molar-refractivity contribution in [2.45, 2.75) is 31.7 Å². The van der Waals surface area contributed by atoms with Crippen LogP contribution in [0.1, 0.15) is 31.7 Å². The number of imide groups is 1. The molecule has 0 aliphatic carbocycles. The second-order valence-corrected chi connectivity index (χ2v) is 13.7. The maximum atomic E-state index is 13.1. The Kier molecular flexibility index (Phi) is 9.79. The molecule has 7 rings (SSSR count). The Morgan fingerprint density at radius 3 is 2.47 bits per heavy atom. The van der Waals surface area contributed by atoms with E-state index in [1.54, 1.807) is 26.4 Å². The van der Waals surface area contributed by atoms with Crippen molar-refractivity contribution in [3.05, 3.63) is 74.5 Å². The molecule has 2 saturated heterocycles. The largest absolute Gasteiger partial charge is 0.478 e. The number of likely N-dealkylation sites (N-methyl/N-ethyl adjacent to an activating group) is 1. The molecule has 0 saturated carbocycles. The number of carbonyl (C=O) groups is 3. The predicted molar refractivity (Wildman–Crippen MR) is 201 cm³/mol. The van der Waals surface area contributed by atoms with E-state index >= 15 is 0 Å². The van der Waals surface area contributed by atoms with E-state index in [0.29, 0.717) is 44.9 Å². The summed E-state index contributed by atoms with van der Waals surface area (Å²) in [6.45, 7) is 1.96. The van der Waals surface area contributed by atoms with E-state index in [0.717, 1.165) is 43.5 Å². The molecule has 16 nitrogen and oxygen atoms in total. The Morgan fingerprint density at radius 1 is 0.962 bits per heavy atom. The van der Waals surface area contributed by atoms with Gasteiger partial charge in [-0.15, -0.1) is 0 Å². The average molecular weight is 743 g/mol. The maximum absolute atomic E-state index is 13.1. The summed E-state index contributed by atoms with van der Waals surface area (Å²) in [6, 6.07) is 12.0. The van der Waals surface area contributed by atoms with E-state index in [1.807, 2.05) is 36.4 Å². The van der Waals surface area contributed by atoms with E-state index in [4.69, 9.17) is 21.3 Å². The van der Waals surface area contributed by atoms with Crippen LogP contribution in [-0.2, 0) is 28.5 Å². The molecule has 5 heterocycles. The second-order valence-electron chi connectivity index (χ2n) is 13.3. The van der Waals surface area contributed by atoms with Crippen molar-refractivity contribution in [2.24, 2.45) is 20.0 Å². The van der Waals surface area contributed by atoms with Crippen LogP contribution in [0, 0.1) is 5.92 Å². The highest BCUT2D eigenvalue weighted by Crippen LogP contribution is 2.30. The number of halogens is 1. The lowest BCUT2D eigenvalue weighted by atomic mass is 9.97. The molecule has 3 amide bonds. The number of amides is 3. The Hall–Kier alpha value is -5.90. The highest BCUT2D eigenvalue weighted by Gasteiger charge is 2.31. The van der Waals surface area contributed by atoms with E-state index < -0.39 is 11.9 Å². The predicted octanol–water partition coefficient (Wildman–Crippen LogP) is 2.81. The van der Waals surface area contributed by atoms with Crippen molar-refractivity contribution in [3.8, 4) is 5.75 Å². The van der Waals surface area contributed by atoms with E-state index in [-0.39, 0.29) is 48.3 Å². The minimum atomic E-state index is -0.724. The Morgan fingerprint density at radius 2 is 1.72 bits per heavy atom. The zero-order valence-corrected chi connectivity index (χ0v) is 30.2. The van der Waals surface area contributed by atoms with Crippen LogP contribution in [0.4, 0.5) is 23.1 Å². The molecular weight excluding hydrogens is 704 g/mol. The van der Waals surface area contributed by atoms with Gasteiger partial charge in [-0.05, 0) is 67.6 Å². The van der Waals surface area contributed by atoms with Gasteiger partial charge in [0.2, 0.25) is 17.8 Å². The number of imidazole rings is 1. The summed E-state index contributed by atoms with van der Waals surface area (Å²) in [6.07, 6.45) is 3.86. The monoisotopic (exact) mass is 742 g/mol. The summed E-state index contributed by atoms with van der Waals surface area (Å²) < 4.78 is 9.97.